The van der Waals surface area contributed by atoms with Crippen LogP contribution < -0.4 is 5.32 Å². The number of aliphatic carboxylic acids is 1. The average Bonchev–Trinajstić information content (AvgIpc) is 2.30. The minimum absolute atomic E-state index is 0.0311. The Morgan fingerprint density at radius 3 is 2.78 bits per heavy atom. The molecule has 0 saturated heterocycles. The Kier molecular flexibility index (Phi) is 4.91. The van der Waals surface area contributed by atoms with Crippen molar-refractivity contribution in [1.82, 2.24) is 4.90 Å². The Hall–Kier alpha value is -1.82. The van der Waals surface area contributed by atoms with Gasteiger partial charge in [-0.25, -0.2) is 9.18 Å². The maximum Gasteiger partial charge on any atom is 0.321 e. The zero-order valence-corrected chi connectivity index (χ0v) is 10.4. The van der Waals surface area contributed by atoms with E-state index in [-0.39, 0.29) is 18.7 Å². The van der Waals surface area contributed by atoms with Crippen molar-refractivity contribution in [1.29, 1.82) is 0 Å². The molecule has 2 N–H and O–H groups in total. The quantitative estimate of drug-likeness (QED) is 0.886. The van der Waals surface area contributed by atoms with E-state index in [1.807, 2.05) is 0 Å². The Morgan fingerprint density at radius 1 is 1.50 bits per heavy atom. The van der Waals surface area contributed by atoms with E-state index >= 15 is 0 Å². The van der Waals surface area contributed by atoms with Crippen LogP contribution in [0.3, 0.4) is 0 Å². The number of nitrogens with one attached hydrogen (secondary N) is 1. The van der Waals surface area contributed by atoms with E-state index < -0.39 is 17.8 Å². The lowest BCUT2D eigenvalue weighted by molar-refractivity contribution is -0.137. The molecule has 0 radical (unpaired) electrons. The SMILES string of the molecule is CN(CCC(=O)O)C(=O)Nc1cc(Cl)ccc1F. The van der Waals surface area contributed by atoms with Gasteiger partial charge in [-0.2, -0.15) is 0 Å². The molecule has 0 unspecified atom stereocenters. The number of nitrogens with zero attached hydrogens (tertiary/aromatic N) is 1. The number of hydrogen-bond acceptors (Lipinski definition) is 2. The monoisotopic (exact) mass is 274 g/mol. The summed E-state index contributed by atoms with van der Waals surface area (Å²) in [4.78, 5) is 23.1. The first-order chi connectivity index (χ1) is 8.40. The fraction of sp³-hybridized carbons (Fsp3) is 0.273. The van der Waals surface area contributed by atoms with Crippen LogP contribution in [0.25, 0.3) is 0 Å². The summed E-state index contributed by atoms with van der Waals surface area (Å²) in [5.74, 6) is -1.62. The van der Waals surface area contributed by atoms with Crippen LogP contribution in [0.15, 0.2) is 18.2 Å². The number of urea groups is 1. The van der Waals surface area contributed by atoms with Gasteiger partial charge in [-0.3, -0.25) is 4.79 Å². The maximum absolute atomic E-state index is 13.3. The smallest absolute Gasteiger partial charge is 0.321 e. The third-order valence-electron chi connectivity index (χ3n) is 2.18. The van der Waals surface area contributed by atoms with Crippen LogP contribution in [0.5, 0.6) is 0 Å². The van der Waals surface area contributed by atoms with Gasteiger partial charge in [-0.15, -0.1) is 0 Å². The number of hydrogen-bond donors (Lipinski definition) is 2. The normalized spacial score (nSPS) is 9.94. The van der Waals surface area contributed by atoms with Crippen LogP contribution in [-0.4, -0.2) is 35.6 Å². The van der Waals surface area contributed by atoms with Gasteiger partial charge in [0.25, 0.3) is 0 Å². The Morgan fingerprint density at radius 2 is 2.17 bits per heavy atom. The predicted octanol–water partition coefficient (Wildman–Crippen LogP) is 2.42. The van der Waals surface area contributed by atoms with Gasteiger partial charge in [0.1, 0.15) is 5.82 Å². The van der Waals surface area contributed by atoms with E-state index in [4.69, 9.17) is 16.7 Å². The molecule has 0 aromatic heterocycles. The number of anilines is 1. The number of carboxylic acid groups (broad SMARTS) is 1. The molecular weight excluding hydrogens is 263 g/mol. The number of benzene rings is 1. The first kappa shape index (κ1) is 14.2. The van der Waals surface area contributed by atoms with Crippen molar-refractivity contribution in [2.75, 3.05) is 18.9 Å². The van der Waals surface area contributed by atoms with E-state index in [2.05, 4.69) is 5.32 Å². The molecule has 18 heavy (non-hydrogen) atoms. The van der Waals surface area contributed by atoms with Crippen molar-refractivity contribution >= 4 is 29.3 Å². The fourth-order valence-electron chi connectivity index (χ4n) is 1.17. The molecule has 0 aliphatic carbocycles. The summed E-state index contributed by atoms with van der Waals surface area (Å²) >= 11 is 5.67. The summed E-state index contributed by atoms with van der Waals surface area (Å²) < 4.78 is 13.3. The maximum atomic E-state index is 13.3. The van der Waals surface area contributed by atoms with Crippen molar-refractivity contribution in [3.8, 4) is 0 Å². The van der Waals surface area contributed by atoms with Gasteiger partial charge in [-0.05, 0) is 18.2 Å². The molecule has 0 spiro atoms. The summed E-state index contributed by atoms with van der Waals surface area (Å²) in [5, 5.41) is 11.1. The number of carbonyl (C=O) groups is 2. The van der Waals surface area contributed by atoms with Crippen LogP contribution in [0.2, 0.25) is 5.02 Å². The molecule has 1 rings (SSSR count). The highest BCUT2D eigenvalue weighted by molar-refractivity contribution is 6.30. The van der Waals surface area contributed by atoms with Gasteiger partial charge in [0.2, 0.25) is 0 Å². The molecule has 5 nitrogen and oxygen atoms in total. The van der Waals surface area contributed by atoms with E-state index in [0.29, 0.717) is 5.02 Å². The zero-order chi connectivity index (χ0) is 13.7. The second kappa shape index (κ2) is 6.20. The highest BCUT2D eigenvalue weighted by Gasteiger charge is 2.12. The third-order valence-corrected chi connectivity index (χ3v) is 2.41. The molecule has 0 atom stereocenters. The summed E-state index contributed by atoms with van der Waals surface area (Å²) in [5.41, 5.74) is -0.0466. The summed E-state index contributed by atoms with van der Waals surface area (Å²) in [6.07, 6.45) is -0.179. The minimum atomic E-state index is -1.01. The number of carboxylic acids is 1. The molecule has 1 aromatic carbocycles. The van der Waals surface area contributed by atoms with Crippen molar-refractivity contribution < 1.29 is 19.1 Å². The number of halogens is 2. The van der Waals surface area contributed by atoms with Crippen LogP contribution in [0, 0.1) is 5.82 Å². The minimum Gasteiger partial charge on any atom is -0.481 e. The molecule has 98 valence electrons. The van der Waals surface area contributed by atoms with E-state index in [0.717, 1.165) is 11.0 Å². The predicted molar refractivity (Wildman–Crippen MR) is 65.3 cm³/mol. The lowest BCUT2D eigenvalue weighted by atomic mass is 10.3. The Bertz CT molecular complexity index is 468. The van der Waals surface area contributed by atoms with Crippen molar-refractivity contribution in [3.63, 3.8) is 0 Å². The molecule has 1 aromatic rings. The topological polar surface area (TPSA) is 69.6 Å². The molecule has 0 aliphatic heterocycles. The lowest BCUT2D eigenvalue weighted by Gasteiger charge is -2.17. The van der Waals surface area contributed by atoms with Crippen molar-refractivity contribution in [2.24, 2.45) is 0 Å². The largest absolute Gasteiger partial charge is 0.481 e. The van der Waals surface area contributed by atoms with Gasteiger partial charge in [0.15, 0.2) is 0 Å². The van der Waals surface area contributed by atoms with Crippen LogP contribution in [0.1, 0.15) is 6.42 Å². The highest BCUT2D eigenvalue weighted by atomic mass is 35.5. The second-order valence-corrected chi connectivity index (χ2v) is 4.06. The van der Waals surface area contributed by atoms with Crippen LogP contribution in [0.4, 0.5) is 14.9 Å². The second-order valence-electron chi connectivity index (χ2n) is 3.62. The van der Waals surface area contributed by atoms with Gasteiger partial charge in [-0.1, -0.05) is 11.6 Å². The number of carbonyl (C=O) groups excluding carboxylic acids is 1. The van der Waals surface area contributed by atoms with E-state index in [1.165, 1.54) is 19.2 Å². The van der Waals surface area contributed by atoms with Crippen molar-refractivity contribution in [3.05, 3.63) is 29.0 Å². The van der Waals surface area contributed by atoms with Gasteiger partial charge in [0, 0.05) is 18.6 Å². The molecule has 0 aliphatic rings. The number of rotatable bonds is 4. The van der Waals surface area contributed by atoms with Gasteiger partial charge >= 0.3 is 12.0 Å². The molecule has 0 heterocycles. The van der Waals surface area contributed by atoms with Crippen LogP contribution >= 0.6 is 11.6 Å². The van der Waals surface area contributed by atoms with Crippen molar-refractivity contribution in [2.45, 2.75) is 6.42 Å². The number of amides is 2. The van der Waals surface area contributed by atoms with E-state index in [1.54, 1.807) is 0 Å². The Labute approximate surface area is 108 Å². The first-order valence-corrected chi connectivity index (χ1v) is 5.47. The van der Waals surface area contributed by atoms with Gasteiger partial charge < -0.3 is 15.3 Å². The Balaban J connectivity index is 2.63. The lowest BCUT2D eigenvalue weighted by Crippen LogP contribution is -2.33. The molecule has 0 fully saturated rings. The molecule has 7 heteroatoms. The van der Waals surface area contributed by atoms with Gasteiger partial charge in [0.05, 0.1) is 12.1 Å². The first-order valence-electron chi connectivity index (χ1n) is 5.09. The molecule has 0 saturated carbocycles. The third kappa shape index (κ3) is 4.21. The molecule has 0 bridgehead atoms. The summed E-state index contributed by atoms with van der Waals surface area (Å²) in [7, 11) is 1.42. The summed E-state index contributed by atoms with van der Waals surface area (Å²) in [6, 6.07) is 3.17. The standard InChI is InChI=1S/C11H12ClFN2O3/c1-15(5-4-10(16)17)11(18)14-9-6-7(12)2-3-8(9)13/h2-3,6H,4-5H2,1H3,(H,14,18)(H,16,17). The van der Waals surface area contributed by atoms with Crippen LogP contribution in [-0.2, 0) is 4.79 Å². The fourth-order valence-corrected chi connectivity index (χ4v) is 1.34. The van der Waals surface area contributed by atoms with E-state index in [9.17, 15) is 14.0 Å². The average molecular weight is 275 g/mol. The molecule has 2 amide bonds. The highest BCUT2D eigenvalue weighted by Crippen LogP contribution is 2.19. The molecular formula is C11H12ClFN2O3. The zero-order valence-electron chi connectivity index (χ0n) is 9.61. The summed E-state index contributed by atoms with van der Waals surface area (Å²) in [6.45, 7) is 0.0311.